The largest absolute Gasteiger partial charge is 0.482 e. The number of hydrogen-bond acceptors (Lipinski definition) is 4. The molecule has 2 aromatic heterocycles. The molecule has 0 spiro atoms. The second kappa shape index (κ2) is 5.59. The van der Waals surface area contributed by atoms with Crippen LogP contribution in [0.4, 0.5) is 0 Å². The number of methoxy groups -OCH3 is 1. The molecule has 1 saturated heterocycles. The normalized spacial score (nSPS) is 16.9. The first-order valence-electron chi connectivity index (χ1n) is 6.68. The molecular formula is C14H19N3O2. The van der Waals surface area contributed by atoms with Crippen LogP contribution in [-0.2, 0) is 11.2 Å². The van der Waals surface area contributed by atoms with Crippen LogP contribution in [0.3, 0.4) is 0 Å². The van der Waals surface area contributed by atoms with Crippen LogP contribution in [0.15, 0.2) is 24.4 Å². The van der Waals surface area contributed by atoms with E-state index in [4.69, 9.17) is 9.47 Å². The molecule has 0 radical (unpaired) electrons. The Kier molecular flexibility index (Phi) is 3.66. The van der Waals surface area contributed by atoms with Crippen molar-refractivity contribution in [1.29, 1.82) is 0 Å². The summed E-state index contributed by atoms with van der Waals surface area (Å²) in [5.41, 5.74) is 2.05. The molecule has 0 aliphatic carbocycles. The summed E-state index contributed by atoms with van der Waals surface area (Å²) < 4.78 is 12.7. The number of fused-ring (bicyclic) bond motifs is 1. The van der Waals surface area contributed by atoms with Gasteiger partial charge in [-0.05, 0) is 12.1 Å². The highest BCUT2D eigenvalue weighted by molar-refractivity contribution is 5.43. The van der Waals surface area contributed by atoms with Crippen molar-refractivity contribution in [3.63, 3.8) is 0 Å². The third-order valence-electron chi connectivity index (χ3n) is 3.50. The predicted molar refractivity (Wildman–Crippen MR) is 72.7 cm³/mol. The van der Waals surface area contributed by atoms with E-state index < -0.39 is 0 Å². The van der Waals surface area contributed by atoms with Crippen LogP contribution in [-0.4, -0.2) is 54.2 Å². The van der Waals surface area contributed by atoms with Crippen molar-refractivity contribution >= 4 is 5.65 Å². The summed E-state index contributed by atoms with van der Waals surface area (Å²) in [6.45, 7) is 4.78. The van der Waals surface area contributed by atoms with Crippen molar-refractivity contribution in [3.05, 3.63) is 30.1 Å². The zero-order valence-corrected chi connectivity index (χ0v) is 11.2. The molecular weight excluding hydrogens is 242 g/mol. The van der Waals surface area contributed by atoms with Crippen molar-refractivity contribution < 1.29 is 9.47 Å². The van der Waals surface area contributed by atoms with Crippen LogP contribution >= 0.6 is 0 Å². The second-order valence-electron chi connectivity index (χ2n) is 4.73. The van der Waals surface area contributed by atoms with Gasteiger partial charge in [-0.15, -0.1) is 0 Å². The van der Waals surface area contributed by atoms with Crippen molar-refractivity contribution in [2.75, 3.05) is 40.0 Å². The minimum Gasteiger partial charge on any atom is -0.482 e. The fourth-order valence-electron chi connectivity index (χ4n) is 2.42. The van der Waals surface area contributed by atoms with E-state index in [9.17, 15) is 0 Å². The van der Waals surface area contributed by atoms with Crippen LogP contribution in [0.25, 0.3) is 5.65 Å². The van der Waals surface area contributed by atoms with Crippen LogP contribution in [0, 0.1) is 0 Å². The Morgan fingerprint density at radius 2 is 2.16 bits per heavy atom. The molecule has 0 saturated carbocycles. The highest BCUT2D eigenvalue weighted by atomic mass is 16.5. The molecule has 5 heteroatoms. The van der Waals surface area contributed by atoms with Crippen LogP contribution in [0.5, 0.6) is 5.88 Å². The van der Waals surface area contributed by atoms with Crippen LogP contribution in [0.2, 0.25) is 0 Å². The Morgan fingerprint density at radius 3 is 2.95 bits per heavy atom. The lowest BCUT2D eigenvalue weighted by molar-refractivity contribution is 0.0383. The first kappa shape index (κ1) is 12.4. The highest BCUT2D eigenvalue weighted by Crippen LogP contribution is 2.15. The Balaban J connectivity index is 1.70. The molecule has 3 rings (SSSR count). The average Bonchev–Trinajstić information content (AvgIpc) is 2.89. The van der Waals surface area contributed by atoms with Gasteiger partial charge in [0.05, 0.1) is 26.0 Å². The maximum absolute atomic E-state index is 5.35. The standard InChI is InChI=1S/C14H19N3O2/c1-18-14-4-2-3-13-15-12(11-17(13)14)5-6-16-7-9-19-10-8-16/h2-4,11H,5-10H2,1H3. The lowest BCUT2D eigenvalue weighted by Gasteiger charge is -2.26. The Morgan fingerprint density at radius 1 is 1.32 bits per heavy atom. The summed E-state index contributed by atoms with van der Waals surface area (Å²) >= 11 is 0. The first-order chi connectivity index (χ1) is 9.36. The number of aromatic nitrogens is 2. The highest BCUT2D eigenvalue weighted by Gasteiger charge is 2.11. The lowest BCUT2D eigenvalue weighted by atomic mass is 10.3. The maximum atomic E-state index is 5.35. The summed E-state index contributed by atoms with van der Waals surface area (Å²) in [5, 5.41) is 0. The molecule has 5 nitrogen and oxygen atoms in total. The van der Waals surface area contributed by atoms with E-state index in [1.807, 2.05) is 22.6 Å². The van der Waals surface area contributed by atoms with Crippen molar-refractivity contribution in [1.82, 2.24) is 14.3 Å². The molecule has 1 aliphatic heterocycles. The quantitative estimate of drug-likeness (QED) is 0.829. The van der Waals surface area contributed by atoms with E-state index in [2.05, 4.69) is 16.1 Å². The van der Waals surface area contributed by atoms with Gasteiger partial charge in [0.15, 0.2) is 5.88 Å². The maximum Gasteiger partial charge on any atom is 0.198 e. The Labute approximate surface area is 112 Å². The predicted octanol–water partition coefficient (Wildman–Crippen LogP) is 1.22. The smallest absolute Gasteiger partial charge is 0.198 e. The van der Waals surface area contributed by atoms with Crippen molar-refractivity contribution in [2.45, 2.75) is 6.42 Å². The van der Waals surface area contributed by atoms with Gasteiger partial charge in [0.1, 0.15) is 5.65 Å². The van der Waals surface area contributed by atoms with Crippen LogP contribution in [0.1, 0.15) is 5.69 Å². The third-order valence-corrected chi connectivity index (χ3v) is 3.50. The molecule has 0 bridgehead atoms. The van der Waals surface area contributed by atoms with E-state index in [1.165, 1.54) is 0 Å². The third kappa shape index (κ3) is 2.72. The number of imidazole rings is 1. The van der Waals surface area contributed by atoms with E-state index in [1.54, 1.807) is 7.11 Å². The Hall–Kier alpha value is -1.59. The monoisotopic (exact) mass is 261 g/mol. The lowest BCUT2D eigenvalue weighted by Crippen LogP contribution is -2.37. The molecule has 1 fully saturated rings. The number of pyridine rings is 1. The van der Waals surface area contributed by atoms with Gasteiger partial charge in [0, 0.05) is 32.3 Å². The molecule has 19 heavy (non-hydrogen) atoms. The topological polar surface area (TPSA) is 39.0 Å². The molecule has 0 amide bonds. The van der Waals surface area contributed by atoms with Gasteiger partial charge in [0.25, 0.3) is 0 Å². The SMILES string of the molecule is COc1cccc2nc(CCN3CCOCC3)cn12. The van der Waals surface area contributed by atoms with E-state index in [0.717, 1.165) is 56.5 Å². The Bertz CT molecular complexity index is 547. The van der Waals surface area contributed by atoms with E-state index in [-0.39, 0.29) is 0 Å². The summed E-state index contributed by atoms with van der Waals surface area (Å²) in [4.78, 5) is 7.05. The van der Waals surface area contributed by atoms with E-state index >= 15 is 0 Å². The average molecular weight is 261 g/mol. The number of ether oxygens (including phenoxy) is 2. The molecule has 1 aliphatic rings. The van der Waals surface area contributed by atoms with E-state index in [0.29, 0.717) is 0 Å². The summed E-state index contributed by atoms with van der Waals surface area (Å²) in [6.07, 6.45) is 3.03. The van der Waals surface area contributed by atoms with Crippen molar-refractivity contribution in [2.24, 2.45) is 0 Å². The van der Waals surface area contributed by atoms with Gasteiger partial charge in [0.2, 0.25) is 0 Å². The van der Waals surface area contributed by atoms with Crippen molar-refractivity contribution in [3.8, 4) is 5.88 Å². The number of hydrogen-bond donors (Lipinski definition) is 0. The summed E-state index contributed by atoms with van der Waals surface area (Å²) in [7, 11) is 1.68. The minimum atomic E-state index is 0.822. The van der Waals surface area contributed by atoms with Gasteiger partial charge in [-0.1, -0.05) is 6.07 Å². The molecule has 0 atom stereocenters. The van der Waals surface area contributed by atoms with Gasteiger partial charge in [-0.3, -0.25) is 9.30 Å². The minimum absolute atomic E-state index is 0.822. The summed E-state index contributed by atoms with van der Waals surface area (Å²) in [5.74, 6) is 0.822. The number of nitrogens with zero attached hydrogens (tertiary/aromatic N) is 3. The fraction of sp³-hybridized carbons (Fsp3) is 0.500. The van der Waals surface area contributed by atoms with Gasteiger partial charge < -0.3 is 9.47 Å². The molecule has 3 heterocycles. The zero-order chi connectivity index (χ0) is 13.1. The van der Waals surface area contributed by atoms with Gasteiger partial charge >= 0.3 is 0 Å². The van der Waals surface area contributed by atoms with Gasteiger partial charge in [-0.2, -0.15) is 0 Å². The number of rotatable bonds is 4. The molecule has 0 aromatic carbocycles. The zero-order valence-electron chi connectivity index (χ0n) is 11.2. The molecule has 0 N–H and O–H groups in total. The van der Waals surface area contributed by atoms with Crippen LogP contribution < -0.4 is 4.74 Å². The summed E-state index contributed by atoms with van der Waals surface area (Å²) in [6, 6.07) is 5.91. The molecule has 102 valence electrons. The fourth-order valence-corrected chi connectivity index (χ4v) is 2.42. The number of morpholine rings is 1. The molecule has 0 unspecified atom stereocenters. The second-order valence-corrected chi connectivity index (χ2v) is 4.73. The van der Waals surface area contributed by atoms with Gasteiger partial charge in [-0.25, -0.2) is 4.98 Å². The first-order valence-corrected chi connectivity index (χ1v) is 6.68. The molecule has 2 aromatic rings.